The Labute approximate surface area is 122 Å². The molecule has 0 aliphatic carbocycles. The molecular weight excluding hydrogens is 308 g/mol. The molecule has 1 aliphatic rings. The van der Waals surface area contributed by atoms with Gasteiger partial charge in [-0.1, -0.05) is 48.5 Å². The number of benzene rings is 1. The van der Waals surface area contributed by atoms with E-state index in [2.05, 4.69) is 60.2 Å². The Morgan fingerprint density at radius 1 is 1.50 bits per heavy atom. The molecule has 0 radical (unpaired) electrons. The van der Waals surface area contributed by atoms with Gasteiger partial charge in [0.15, 0.2) is 5.17 Å². The summed E-state index contributed by atoms with van der Waals surface area (Å²) in [6, 6.07) is 6.82. The van der Waals surface area contributed by atoms with Gasteiger partial charge in [-0.25, -0.2) is 0 Å². The van der Waals surface area contributed by atoms with Crippen molar-refractivity contribution in [2.45, 2.75) is 33.2 Å². The van der Waals surface area contributed by atoms with E-state index in [0.29, 0.717) is 12.0 Å². The van der Waals surface area contributed by atoms with E-state index in [1.165, 1.54) is 11.3 Å². The van der Waals surface area contributed by atoms with Crippen molar-refractivity contribution in [1.29, 1.82) is 0 Å². The Kier molecular flexibility index (Phi) is 4.73. The van der Waals surface area contributed by atoms with E-state index >= 15 is 0 Å². The second-order valence-electron chi connectivity index (χ2n) is 4.84. The van der Waals surface area contributed by atoms with Crippen LogP contribution in [0.3, 0.4) is 0 Å². The number of aliphatic imine (C=N–C) groups is 1. The third kappa shape index (κ3) is 3.29. The van der Waals surface area contributed by atoms with Crippen molar-refractivity contribution < 1.29 is 0 Å². The minimum atomic E-state index is 0.457. The minimum absolute atomic E-state index is 0.457. The highest BCUT2D eigenvalue weighted by atomic mass is 79.9. The van der Waals surface area contributed by atoms with E-state index in [4.69, 9.17) is 4.99 Å². The van der Waals surface area contributed by atoms with Crippen LogP contribution in [-0.2, 0) is 6.42 Å². The van der Waals surface area contributed by atoms with Gasteiger partial charge in [-0.15, -0.1) is 0 Å². The summed E-state index contributed by atoms with van der Waals surface area (Å²) in [7, 11) is 0. The first-order valence-electron chi connectivity index (χ1n) is 6.36. The average molecular weight is 327 g/mol. The molecule has 1 aromatic carbocycles. The molecule has 18 heavy (non-hydrogen) atoms. The molecule has 0 fully saturated rings. The van der Waals surface area contributed by atoms with Crippen molar-refractivity contribution >= 4 is 38.5 Å². The van der Waals surface area contributed by atoms with Crippen molar-refractivity contribution in [2.24, 2.45) is 10.9 Å². The molecule has 2 nitrogen and oxygen atoms in total. The maximum absolute atomic E-state index is 4.74. The monoisotopic (exact) mass is 326 g/mol. The van der Waals surface area contributed by atoms with Gasteiger partial charge in [0, 0.05) is 15.9 Å². The van der Waals surface area contributed by atoms with Crippen LogP contribution in [-0.4, -0.2) is 17.0 Å². The van der Waals surface area contributed by atoms with Gasteiger partial charge in [0.05, 0.1) is 6.04 Å². The van der Waals surface area contributed by atoms with E-state index in [1.807, 2.05) is 11.8 Å². The summed E-state index contributed by atoms with van der Waals surface area (Å²) in [6.07, 6.45) is 1.02. The maximum Gasteiger partial charge on any atom is 0.161 e. The Hall–Kier alpha value is -0.480. The quantitative estimate of drug-likeness (QED) is 0.881. The fourth-order valence-electron chi connectivity index (χ4n) is 1.89. The summed E-state index contributed by atoms with van der Waals surface area (Å²) < 4.78 is 1.13. The Balaban J connectivity index is 2.13. The summed E-state index contributed by atoms with van der Waals surface area (Å²) in [4.78, 5) is 4.74. The maximum atomic E-state index is 4.74. The Morgan fingerprint density at radius 2 is 2.28 bits per heavy atom. The van der Waals surface area contributed by atoms with Crippen molar-refractivity contribution in [3.8, 4) is 0 Å². The van der Waals surface area contributed by atoms with Gasteiger partial charge in [-0.05, 0) is 36.1 Å². The van der Waals surface area contributed by atoms with E-state index < -0.39 is 0 Å². The number of nitrogens with one attached hydrogen (secondary N) is 1. The highest BCUT2D eigenvalue weighted by molar-refractivity contribution is 9.10. The van der Waals surface area contributed by atoms with Gasteiger partial charge in [0.1, 0.15) is 0 Å². The zero-order valence-corrected chi connectivity index (χ0v) is 13.4. The Morgan fingerprint density at radius 3 is 2.89 bits per heavy atom. The van der Waals surface area contributed by atoms with E-state index in [1.54, 1.807) is 0 Å². The largest absolute Gasteiger partial charge is 0.335 e. The molecule has 1 aliphatic heterocycles. The molecular formula is C14H19BrN2S. The van der Waals surface area contributed by atoms with Crippen molar-refractivity contribution in [3.05, 3.63) is 28.2 Å². The molecule has 0 bridgehead atoms. The molecule has 1 heterocycles. The van der Waals surface area contributed by atoms with E-state index in [9.17, 15) is 0 Å². The fourth-order valence-corrected chi connectivity index (χ4v) is 3.48. The lowest BCUT2D eigenvalue weighted by Crippen LogP contribution is -2.12. The molecule has 1 N–H and O–H groups in total. The number of aryl methyl sites for hydroxylation is 1. The lowest BCUT2D eigenvalue weighted by Gasteiger charge is -2.10. The number of hydrogen-bond donors (Lipinski definition) is 1. The number of hydrogen-bond acceptors (Lipinski definition) is 3. The van der Waals surface area contributed by atoms with Crippen LogP contribution in [0.4, 0.5) is 5.69 Å². The molecule has 0 saturated carbocycles. The van der Waals surface area contributed by atoms with Crippen LogP contribution in [0.15, 0.2) is 27.7 Å². The summed E-state index contributed by atoms with van der Waals surface area (Å²) in [6.45, 7) is 6.64. The third-order valence-electron chi connectivity index (χ3n) is 3.13. The first-order chi connectivity index (χ1) is 8.60. The number of nitrogens with zero attached hydrogens (tertiary/aromatic N) is 1. The number of thioether (sulfide) groups is 1. The number of amidine groups is 1. The second-order valence-corrected chi connectivity index (χ2v) is 6.76. The minimum Gasteiger partial charge on any atom is -0.335 e. The molecule has 0 aromatic heterocycles. The first kappa shape index (κ1) is 13.9. The lowest BCUT2D eigenvalue weighted by molar-refractivity contribution is 0.543. The van der Waals surface area contributed by atoms with Crippen molar-refractivity contribution in [3.63, 3.8) is 0 Å². The lowest BCUT2D eigenvalue weighted by atomic mass is 10.1. The molecule has 1 unspecified atom stereocenters. The number of rotatable bonds is 3. The smallest absolute Gasteiger partial charge is 0.161 e. The standard InChI is InChI=1S/C14H19BrN2S/c1-4-10-7-11(15)5-6-12(10)16-14-17-13(8-18-14)9(2)3/h5-7,9,13H,4,8H2,1-3H3,(H,16,17). The van der Waals surface area contributed by atoms with Gasteiger partial charge >= 0.3 is 0 Å². The average Bonchev–Trinajstić information content (AvgIpc) is 2.80. The molecule has 98 valence electrons. The molecule has 1 aromatic rings. The summed E-state index contributed by atoms with van der Waals surface area (Å²) in [5.74, 6) is 1.71. The predicted molar refractivity (Wildman–Crippen MR) is 85.7 cm³/mol. The topological polar surface area (TPSA) is 24.4 Å². The summed E-state index contributed by atoms with van der Waals surface area (Å²) in [5.41, 5.74) is 2.50. The van der Waals surface area contributed by atoms with E-state index in [0.717, 1.165) is 21.8 Å². The van der Waals surface area contributed by atoms with Crippen LogP contribution >= 0.6 is 27.7 Å². The van der Waals surface area contributed by atoms with Gasteiger partial charge in [0.2, 0.25) is 0 Å². The van der Waals surface area contributed by atoms with Gasteiger partial charge < -0.3 is 5.32 Å². The van der Waals surface area contributed by atoms with Gasteiger partial charge in [-0.3, -0.25) is 4.99 Å². The molecule has 1 atom stereocenters. The van der Waals surface area contributed by atoms with Crippen molar-refractivity contribution in [2.75, 3.05) is 11.1 Å². The van der Waals surface area contributed by atoms with Crippen LogP contribution in [0.2, 0.25) is 0 Å². The second kappa shape index (κ2) is 6.11. The normalized spacial score (nSPS) is 19.2. The van der Waals surface area contributed by atoms with Crippen molar-refractivity contribution in [1.82, 2.24) is 0 Å². The predicted octanol–water partition coefficient (Wildman–Crippen LogP) is 4.55. The summed E-state index contributed by atoms with van der Waals surface area (Å²) >= 11 is 5.34. The van der Waals surface area contributed by atoms with Crippen LogP contribution in [0.1, 0.15) is 26.3 Å². The number of halogens is 1. The van der Waals surface area contributed by atoms with Crippen LogP contribution in [0, 0.1) is 5.92 Å². The van der Waals surface area contributed by atoms with Crippen LogP contribution in [0.5, 0.6) is 0 Å². The molecule has 0 spiro atoms. The zero-order chi connectivity index (χ0) is 13.1. The highest BCUT2D eigenvalue weighted by Crippen LogP contribution is 2.27. The number of anilines is 1. The first-order valence-corrected chi connectivity index (χ1v) is 8.14. The van der Waals surface area contributed by atoms with E-state index in [-0.39, 0.29) is 0 Å². The van der Waals surface area contributed by atoms with Crippen LogP contribution < -0.4 is 5.32 Å². The SMILES string of the molecule is CCc1cc(Br)ccc1NC1=NC(C(C)C)CS1. The van der Waals surface area contributed by atoms with Gasteiger partial charge in [-0.2, -0.15) is 0 Å². The molecule has 4 heteroatoms. The molecule has 0 amide bonds. The fraction of sp³-hybridized carbons (Fsp3) is 0.500. The summed E-state index contributed by atoms with van der Waals surface area (Å²) in [5, 5.41) is 4.53. The Bertz CT molecular complexity index is 457. The van der Waals surface area contributed by atoms with Gasteiger partial charge in [0.25, 0.3) is 0 Å². The molecule has 2 rings (SSSR count). The zero-order valence-electron chi connectivity index (χ0n) is 11.0. The molecule has 0 saturated heterocycles. The van der Waals surface area contributed by atoms with Crippen LogP contribution in [0.25, 0.3) is 0 Å². The highest BCUT2D eigenvalue weighted by Gasteiger charge is 2.21. The third-order valence-corrected chi connectivity index (χ3v) is 4.62.